The van der Waals surface area contributed by atoms with Gasteiger partial charge in [0.05, 0.1) is 5.52 Å². The maximum atomic E-state index is 13.1. The Kier molecular flexibility index (Phi) is 1.73. The Bertz CT molecular complexity index is 519. The summed E-state index contributed by atoms with van der Waals surface area (Å²) in [6, 6.07) is 3.11. The highest BCUT2D eigenvalue weighted by Crippen LogP contribution is 2.20. The highest BCUT2D eigenvalue weighted by atomic mass is 19.1. The maximum absolute atomic E-state index is 13.1. The van der Waals surface area contributed by atoms with E-state index < -0.39 is 17.5 Å². The highest BCUT2D eigenvalue weighted by molar-refractivity contribution is 5.97. The van der Waals surface area contributed by atoms with E-state index in [0.29, 0.717) is 0 Å². The van der Waals surface area contributed by atoms with Crippen LogP contribution in [-0.2, 0) is 0 Å². The molecule has 14 heavy (non-hydrogen) atoms. The van der Waals surface area contributed by atoms with Crippen LogP contribution >= 0.6 is 0 Å². The molecular formula is C9H6F2N2O. The van der Waals surface area contributed by atoms with Crippen molar-refractivity contribution in [2.24, 2.45) is 5.73 Å². The summed E-state index contributed by atoms with van der Waals surface area (Å²) in [5.41, 5.74) is 5.26. The number of fused-ring (bicyclic) bond motifs is 1. The van der Waals surface area contributed by atoms with E-state index in [9.17, 15) is 13.6 Å². The van der Waals surface area contributed by atoms with Gasteiger partial charge in [-0.25, -0.2) is 8.78 Å². The van der Waals surface area contributed by atoms with E-state index >= 15 is 0 Å². The third kappa shape index (κ3) is 1.22. The van der Waals surface area contributed by atoms with Crippen LogP contribution in [0.5, 0.6) is 0 Å². The van der Waals surface area contributed by atoms with Gasteiger partial charge in [0.1, 0.15) is 17.3 Å². The number of rotatable bonds is 1. The molecule has 72 valence electrons. The molecular weight excluding hydrogens is 190 g/mol. The average Bonchev–Trinajstić information content (AvgIpc) is 2.47. The summed E-state index contributed by atoms with van der Waals surface area (Å²) in [5, 5.41) is 0.153. The second kappa shape index (κ2) is 2.80. The maximum Gasteiger partial charge on any atom is 0.265 e. The molecule has 3 N–H and O–H groups in total. The molecule has 0 radical (unpaired) electrons. The predicted molar refractivity (Wildman–Crippen MR) is 46.7 cm³/mol. The molecule has 0 saturated carbocycles. The number of amides is 1. The van der Waals surface area contributed by atoms with Gasteiger partial charge in [0.15, 0.2) is 0 Å². The first-order chi connectivity index (χ1) is 6.58. The zero-order valence-corrected chi connectivity index (χ0v) is 6.97. The number of aromatic nitrogens is 1. The van der Waals surface area contributed by atoms with Crippen LogP contribution in [0.1, 0.15) is 10.5 Å². The van der Waals surface area contributed by atoms with Crippen LogP contribution in [0, 0.1) is 11.6 Å². The monoisotopic (exact) mass is 196 g/mol. The summed E-state index contributed by atoms with van der Waals surface area (Å²) >= 11 is 0. The van der Waals surface area contributed by atoms with Crippen LogP contribution in [0.4, 0.5) is 8.78 Å². The van der Waals surface area contributed by atoms with Crippen molar-refractivity contribution < 1.29 is 13.6 Å². The lowest BCUT2D eigenvalue weighted by atomic mass is 10.2. The molecule has 0 aliphatic carbocycles. The fourth-order valence-corrected chi connectivity index (χ4v) is 1.29. The van der Waals surface area contributed by atoms with Crippen molar-refractivity contribution in [1.82, 2.24) is 4.98 Å². The van der Waals surface area contributed by atoms with E-state index in [2.05, 4.69) is 4.98 Å². The number of nitrogens with two attached hydrogens (primary N) is 1. The summed E-state index contributed by atoms with van der Waals surface area (Å²) in [4.78, 5) is 13.3. The third-order valence-corrected chi connectivity index (χ3v) is 1.92. The van der Waals surface area contributed by atoms with Gasteiger partial charge >= 0.3 is 0 Å². The molecule has 5 heteroatoms. The second-order valence-corrected chi connectivity index (χ2v) is 2.90. The van der Waals surface area contributed by atoms with Crippen molar-refractivity contribution in [1.29, 1.82) is 0 Å². The fraction of sp³-hybridized carbons (Fsp3) is 0. The molecule has 1 aromatic carbocycles. The van der Waals surface area contributed by atoms with Crippen molar-refractivity contribution in [3.8, 4) is 0 Å². The number of nitrogens with one attached hydrogen (secondary N) is 1. The molecule has 0 fully saturated rings. The van der Waals surface area contributed by atoms with E-state index in [4.69, 9.17) is 5.73 Å². The van der Waals surface area contributed by atoms with E-state index in [1.807, 2.05) is 0 Å². The highest BCUT2D eigenvalue weighted by Gasteiger charge is 2.10. The summed E-state index contributed by atoms with van der Waals surface area (Å²) in [6.07, 6.45) is 0. The van der Waals surface area contributed by atoms with Gasteiger partial charge in [-0.1, -0.05) is 0 Å². The number of H-pyrrole nitrogens is 1. The fourth-order valence-electron chi connectivity index (χ4n) is 1.29. The zero-order valence-electron chi connectivity index (χ0n) is 6.97. The molecule has 0 bridgehead atoms. The van der Waals surface area contributed by atoms with Crippen LogP contribution in [0.3, 0.4) is 0 Å². The number of hydrogen-bond acceptors (Lipinski definition) is 1. The number of aromatic amines is 1. The van der Waals surface area contributed by atoms with Crippen LogP contribution < -0.4 is 5.73 Å². The van der Waals surface area contributed by atoms with Crippen LogP contribution in [-0.4, -0.2) is 10.9 Å². The molecule has 1 aromatic heterocycles. The Hall–Kier alpha value is -1.91. The van der Waals surface area contributed by atoms with Gasteiger partial charge < -0.3 is 10.7 Å². The summed E-state index contributed by atoms with van der Waals surface area (Å²) < 4.78 is 25.8. The van der Waals surface area contributed by atoms with E-state index in [-0.39, 0.29) is 16.6 Å². The Morgan fingerprint density at radius 2 is 2.00 bits per heavy atom. The topological polar surface area (TPSA) is 58.9 Å². The number of carbonyl (C=O) groups is 1. The third-order valence-electron chi connectivity index (χ3n) is 1.92. The quantitative estimate of drug-likeness (QED) is 0.714. The molecule has 0 unspecified atom stereocenters. The van der Waals surface area contributed by atoms with E-state index in [1.54, 1.807) is 0 Å². The molecule has 0 spiro atoms. The van der Waals surface area contributed by atoms with E-state index in [0.717, 1.165) is 12.1 Å². The van der Waals surface area contributed by atoms with Gasteiger partial charge in [-0.15, -0.1) is 0 Å². The van der Waals surface area contributed by atoms with Gasteiger partial charge in [-0.05, 0) is 12.1 Å². The molecule has 0 aliphatic heterocycles. The second-order valence-electron chi connectivity index (χ2n) is 2.90. The molecule has 0 atom stereocenters. The molecule has 3 nitrogen and oxygen atoms in total. The molecule has 0 saturated heterocycles. The summed E-state index contributed by atoms with van der Waals surface area (Å²) in [5.74, 6) is -2.13. The van der Waals surface area contributed by atoms with Crippen molar-refractivity contribution in [3.63, 3.8) is 0 Å². The minimum absolute atomic E-state index is 0.0597. The Labute approximate surface area is 77.5 Å². The number of hydrogen-bond donors (Lipinski definition) is 2. The zero-order chi connectivity index (χ0) is 10.3. The average molecular weight is 196 g/mol. The first kappa shape index (κ1) is 8.68. The number of primary amides is 1. The van der Waals surface area contributed by atoms with Crippen molar-refractivity contribution >= 4 is 16.8 Å². The number of benzene rings is 1. The smallest absolute Gasteiger partial charge is 0.265 e. The van der Waals surface area contributed by atoms with Crippen molar-refractivity contribution in [2.45, 2.75) is 0 Å². The molecule has 2 rings (SSSR count). The Balaban J connectivity index is 2.76. The number of halogens is 2. The minimum Gasteiger partial charge on any atom is -0.364 e. The standard InChI is InChI=1S/C9H6F2N2O/c10-4-1-6(11)5-3-8(9(12)14)13-7(5)2-4/h1-3,13H,(H2,12,14). The molecule has 2 aromatic rings. The largest absolute Gasteiger partial charge is 0.364 e. The van der Waals surface area contributed by atoms with Crippen LogP contribution in [0.2, 0.25) is 0 Å². The van der Waals surface area contributed by atoms with Gasteiger partial charge in [0.25, 0.3) is 5.91 Å². The lowest BCUT2D eigenvalue weighted by Crippen LogP contribution is -2.10. The summed E-state index contributed by atoms with van der Waals surface area (Å²) in [7, 11) is 0. The first-order valence-electron chi connectivity index (χ1n) is 3.85. The molecule has 1 amide bonds. The lowest BCUT2D eigenvalue weighted by molar-refractivity contribution is 0.0996. The summed E-state index contributed by atoms with van der Waals surface area (Å²) in [6.45, 7) is 0. The first-order valence-corrected chi connectivity index (χ1v) is 3.85. The molecule has 0 aliphatic rings. The Morgan fingerprint density at radius 3 is 2.64 bits per heavy atom. The predicted octanol–water partition coefficient (Wildman–Crippen LogP) is 1.54. The van der Waals surface area contributed by atoms with Gasteiger partial charge in [0, 0.05) is 11.5 Å². The SMILES string of the molecule is NC(=O)c1cc2c(F)cc(F)cc2[nH]1. The minimum atomic E-state index is -0.719. The Morgan fingerprint density at radius 1 is 1.29 bits per heavy atom. The number of carbonyl (C=O) groups excluding carboxylic acids is 1. The van der Waals surface area contributed by atoms with Gasteiger partial charge in [-0.3, -0.25) is 4.79 Å². The van der Waals surface area contributed by atoms with Crippen molar-refractivity contribution in [3.05, 3.63) is 35.5 Å². The molecule has 1 heterocycles. The lowest BCUT2D eigenvalue weighted by Gasteiger charge is -1.91. The van der Waals surface area contributed by atoms with Crippen LogP contribution in [0.25, 0.3) is 10.9 Å². The van der Waals surface area contributed by atoms with Gasteiger partial charge in [-0.2, -0.15) is 0 Å². The van der Waals surface area contributed by atoms with E-state index in [1.165, 1.54) is 6.07 Å². The normalized spacial score (nSPS) is 10.7. The van der Waals surface area contributed by atoms with Gasteiger partial charge in [0.2, 0.25) is 0 Å². The van der Waals surface area contributed by atoms with Crippen LogP contribution in [0.15, 0.2) is 18.2 Å². The van der Waals surface area contributed by atoms with Crippen molar-refractivity contribution in [2.75, 3.05) is 0 Å².